The molecule has 0 N–H and O–H groups in total. The summed E-state index contributed by atoms with van der Waals surface area (Å²) in [6, 6.07) is 21.2. The molecule has 0 saturated carbocycles. The summed E-state index contributed by atoms with van der Waals surface area (Å²) in [5.41, 5.74) is 3.54. The molecule has 0 fully saturated rings. The van der Waals surface area contributed by atoms with Gasteiger partial charge in [0.25, 0.3) is 5.91 Å². The Morgan fingerprint density at radius 1 is 1.00 bits per heavy atom. The van der Waals surface area contributed by atoms with E-state index in [9.17, 15) is 4.79 Å². The summed E-state index contributed by atoms with van der Waals surface area (Å²) >= 11 is 7.55. The molecule has 0 bridgehead atoms. The fraction of sp³-hybridized carbons (Fsp3) is 0.0455. The first-order valence-electron chi connectivity index (χ1n) is 8.64. The van der Waals surface area contributed by atoms with Crippen LogP contribution < -0.4 is 4.80 Å². The van der Waals surface area contributed by atoms with Crippen LogP contribution in [0.5, 0.6) is 0 Å². The molecule has 2 heterocycles. The zero-order chi connectivity index (χ0) is 19.5. The fourth-order valence-electron chi connectivity index (χ4n) is 2.91. The highest BCUT2D eigenvalue weighted by molar-refractivity contribution is 7.13. The second-order valence-electron chi connectivity index (χ2n) is 6.15. The average molecular weight is 406 g/mol. The summed E-state index contributed by atoms with van der Waals surface area (Å²) in [4.78, 5) is 22.6. The van der Waals surface area contributed by atoms with Crippen molar-refractivity contribution in [1.29, 1.82) is 0 Å². The quantitative estimate of drug-likeness (QED) is 0.469. The summed E-state index contributed by atoms with van der Waals surface area (Å²) < 4.78 is 1.95. The van der Waals surface area contributed by atoms with E-state index >= 15 is 0 Å². The third kappa shape index (κ3) is 3.67. The van der Waals surface area contributed by atoms with Crippen LogP contribution in [0.3, 0.4) is 0 Å². The Hall–Kier alpha value is -3.02. The van der Waals surface area contributed by atoms with Crippen LogP contribution in [0.2, 0.25) is 5.02 Å². The van der Waals surface area contributed by atoms with Gasteiger partial charge in [0, 0.05) is 24.5 Å². The SMILES string of the molecule is Cn1c(-c2ccc(Cl)cc2)c(-c2ccccc2)sc1=NC(=O)c1cccnc1. The van der Waals surface area contributed by atoms with Gasteiger partial charge in [0.15, 0.2) is 4.80 Å². The van der Waals surface area contributed by atoms with Crippen LogP contribution in [0.15, 0.2) is 84.1 Å². The van der Waals surface area contributed by atoms with Gasteiger partial charge < -0.3 is 4.57 Å². The zero-order valence-corrected chi connectivity index (χ0v) is 16.6. The number of carbonyl (C=O) groups excluding carboxylic acids is 1. The highest BCUT2D eigenvalue weighted by Gasteiger charge is 2.16. The Morgan fingerprint density at radius 2 is 1.75 bits per heavy atom. The minimum absolute atomic E-state index is 0.313. The van der Waals surface area contributed by atoms with Crippen molar-refractivity contribution in [2.45, 2.75) is 0 Å². The number of amides is 1. The van der Waals surface area contributed by atoms with Gasteiger partial charge in [0.05, 0.1) is 16.1 Å². The standard InChI is InChI=1S/C22H16ClN3OS/c1-26-19(15-9-11-18(23)12-10-15)20(16-6-3-2-4-7-16)28-22(26)25-21(27)17-8-5-13-24-14-17/h2-14H,1H3. The van der Waals surface area contributed by atoms with Gasteiger partial charge in [0.2, 0.25) is 0 Å². The number of rotatable bonds is 3. The van der Waals surface area contributed by atoms with Crippen molar-refractivity contribution in [3.05, 3.63) is 94.5 Å². The van der Waals surface area contributed by atoms with Crippen LogP contribution in [0, 0.1) is 0 Å². The van der Waals surface area contributed by atoms with Crippen LogP contribution >= 0.6 is 22.9 Å². The maximum atomic E-state index is 12.6. The normalized spacial score (nSPS) is 11.6. The molecule has 28 heavy (non-hydrogen) atoms. The molecule has 0 aliphatic rings. The molecule has 0 saturated heterocycles. The molecule has 4 rings (SSSR count). The van der Waals surface area contributed by atoms with Crippen molar-refractivity contribution in [3.63, 3.8) is 0 Å². The molecule has 0 spiro atoms. The van der Waals surface area contributed by atoms with Crippen molar-refractivity contribution in [1.82, 2.24) is 9.55 Å². The van der Waals surface area contributed by atoms with E-state index in [0.29, 0.717) is 15.4 Å². The molecular formula is C22H16ClN3OS. The molecule has 0 atom stereocenters. The van der Waals surface area contributed by atoms with Gasteiger partial charge in [-0.05, 0) is 35.4 Å². The van der Waals surface area contributed by atoms with Crippen LogP contribution in [-0.4, -0.2) is 15.5 Å². The molecule has 1 amide bonds. The number of aromatic nitrogens is 2. The third-order valence-corrected chi connectivity index (χ3v) is 5.72. The number of benzene rings is 2. The summed E-state index contributed by atoms with van der Waals surface area (Å²) in [5.74, 6) is -0.313. The third-order valence-electron chi connectivity index (χ3n) is 4.29. The largest absolute Gasteiger partial charge is 0.319 e. The minimum Gasteiger partial charge on any atom is -0.319 e. The number of halogens is 1. The van der Waals surface area contributed by atoms with E-state index in [0.717, 1.165) is 21.7 Å². The molecule has 0 aliphatic carbocycles. The van der Waals surface area contributed by atoms with E-state index in [4.69, 9.17) is 11.6 Å². The minimum atomic E-state index is -0.313. The molecule has 4 aromatic rings. The number of thiazole rings is 1. The van der Waals surface area contributed by atoms with Crippen molar-refractivity contribution in [3.8, 4) is 21.7 Å². The van der Waals surface area contributed by atoms with Crippen LogP contribution in [0.25, 0.3) is 21.7 Å². The van der Waals surface area contributed by atoms with Crippen molar-refractivity contribution < 1.29 is 4.79 Å². The number of pyridine rings is 1. The van der Waals surface area contributed by atoms with Crippen molar-refractivity contribution in [2.24, 2.45) is 12.0 Å². The fourth-order valence-corrected chi connectivity index (χ4v) is 4.18. The van der Waals surface area contributed by atoms with Gasteiger partial charge in [-0.3, -0.25) is 9.78 Å². The number of nitrogens with zero attached hydrogens (tertiary/aromatic N) is 3. The summed E-state index contributed by atoms with van der Waals surface area (Å²) in [6.45, 7) is 0. The lowest BCUT2D eigenvalue weighted by molar-refractivity contribution is 0.0997. The topological polar surface area (TPSA) is 47.2 Å². The molecule has 4 nitrogen and oxygen atoms in total. The smallest absolute Gasteiger partial charge is 0.281 e. The molecule has 0 unspecified atom stereocenters. The predicted molar refractivity (Wildman–Crippen MR) is 113 cm³/mol. The lowest BCUT2D eigenvalue weighted by Crippen LogP contribution is -2.14. The molecule has 2 aromatic carbocycles. The van der Waals surface area contributed by atoms with E-state index in [1.54, 1.807) is 18.3 Å². The maximum Gasteiger partial charge on any atom is 0.281 e. The van der Waals surface area contributed by atoms with E-state index in [1.165, 1.54) is 17.5 Å². The van der Waals surface area contributed by atoms with Gasteiger partial charge in [-0.1, -0.05) is 65.4 Å². The Labute approximate surface area is 171 Å². The average Bonchev–Trinajstić information content (AvgIpc) is 3.06. The van der Waals surface area contributed by atoms with Crippen LogP contribution in [-0.2, 0) is 7.05 Å². The highest BCUT2D eigenvalue weighted by atomic mass is 35.5. The molecule has 138 valence electrons. The van der Waals surface area contributed by atoms with E-state index in [-0.39, 0.29) is 5.91 Å². The summed E-state index contributed by atoms with van der Waals surface area (Å²) in [6.07, 6.45) is 3.16. The predicted octanol–water partition coefficient (Wildman–Crippen LogP) is 5.21. The zero-order valence-electron chi connectivity index (χ0n) is 15.0. The second kappa shape index (κ2) is 7.92. The first kappa shape index (κ1) is 18.3. The molecule has 2 aromatic heterocycles. The lowest BCUT2D eigenvalue weighted by Gasteiger charge is -2.07. The van der Waals surface area contributed by atoms with Gasteiger partial charge in [-0.2, -0.15) is 4.99 Å². The van der Waals surface area contributed by atoms with Gasteiger partial charge in [0.1, 0.15) is 0 Å². The van der Waals surface area contributed by atoms with Crippen molar-refractivity contribution in [2.75, 3.05) is 0 Å². The molecular weight excluding hydrogens is 390 g/mol. The Morgan fingerprint density at radius 3 is 2.43 bits per heavy atom. The maximum absolute atomic E-state index is 12.6. The van der Waals surface area contributed by atoms with Crippen LogP contribution in [0.1, 0.15) is 10.4 Å². The molecule has 0 radical (unpaired) electrons. The number of hydrogen-bond donors (Lipinski definition) is 0. The monoisotopic (exact) mass is 405 g/mol. The van der Waals surface area contributed by atoms with Crippen LogP contribution in [0.4, 0.5) is 0 Å². The first-order valence-corrected chi connectivity index (χ1v) is 9.83. The Kier molecular flexibility index (Phi) is 5.19. The Balaban J connectivity index is 1.91. The van der Waals surface area contributed by atoms with E-state index < -0.39 is 0 Å². The molecule has 6 heteroatoms. The van der Waals surface area contributed by atoms with Gasteiger partial charge in [-0.25, -0.2) is 0 Å². The second-order valence-corrected chi connectivity index (χ2v) is 7.57. The van der Waals surface area contributed by atoms with E-state index in [1.807, 2.05) is 54.1 Å². The number of carbonyl (C=O) groups is 1. The number of hydrogen-bond acceptors (Lipinski definition) is 3. The highest BCUT2D eigenvalue weighted by Crippen LogP contribution is 2.34. The van der Waals surface area contributed by atoms with Gasteiger partial charge in [-0.15, -0.1) is 0 Å². The van der Waals surface area contributed by atoms with Crippen molar-refractivity contribution >= 4 is 28.8 Å². The first-order chi connectivity index (χ1) is 13.6. The summed E-state index contributed by atoms with van der Waals surface area (Å²) in [5, 5.41) is 0.680. The Bertz CT molecular complexity index is 1180. The van der Waals surface area contributed by atoms with Gasteiger partial charge >= 0.3 is 0 Å². The lowest BCUT2D eigenvalue weighted by atomic mass is 10.1. The summed E-state index contributed by atoms with van der Waals surface area (Å²) in [7, 11) is 1.92. The molecule has 0 aliphatic heterocycles. The van der Waals surface area contributed by atoms with E-state index in [2.05, 4.69) is 22.1 Å².